The molecular formula is C48H87NO9P+. The summed E-state index contributed by atoms with van der Waals surface area (Å²) in [5, 5.41) is 9.78. The van der Waals surface area contributed by atoms with Crippen molar-refractivity contribution < 1.29 is 47.2 Å². The van der Waals surface area contributed by atoms with Crippen LogP contribution in [0.25, 0.3) is 0 Å². The second-order valence-corrected chi connectivity index (χ2v) is 18.1. The van der Waals surface area contributed by atoms with E-state index in [1.807, 2.05) is 70.6 Å². The summed E-state index contributed by atoms with van der Waals surface area (Å²) in [6.45, 7) is 4.11. The topological polar surface area (TPSA) is 129 Å². The molecule has 11 heteroatoms. The van der Waals surface area contributed by atoms with Crippen LogP contribution in [0.4, 0.5) is 0 Å². The molecule has 0 aromatic heterocycles. The van der Waals surface area contributed by atoms with Gasteiger partial charge in [0.15, 0.2) is 6.10 Å². The highest BCUT2D eigenvalue weighted by Gasteiger charge is 2.27. The molecule has 0 aliphatic rings. The average Bonchev–Trinajstić information content (AvgIpc) is 3.18. The van der Waals surface area contributed by atoms with Gasteiger partial charge in [0.1, 0.15) is 19.8 Å². The van der Waals surface area contributed by atoms with Crippen molar-refractivity contribution in [2.45, 2.75) is 187 Å². The summed E-state index contributed by atoms with van der Waals surface area (Å²) in [5.41, 5.74) is 0. The Labute approximate surface area is 360 Å². The fourth-order valence-electron chi connectivity index (χ4n) is 6.01. The van der Waals surface area contributed by atoms with E-state index in [2.05, 4.69) is 25.2 Å². The minimum atomic E-state index is -4.40. The van der Waals surface area contributed by atoms with Gasteiger partial charge in [0.05, 0.1) is 33.9 Å². The maximum Gasteiger partial charge on any atom is 0.472 e. The molecule has 3 atom stereocenters. The lowest BCUT2D eigenvalue weighted by atomic mass is 10.0. The number of quaternary nitrogens is 1. The zero-order valence-electron chi connectivity index (χ0n) is 38.1. The van der Waals surface area contributed by atoms with Crippen molar-refractivity contribution in [2.75, 3.05) is 47.5 Å². The molecule has 342 valence electrons. The van der Waals surface area contributed by atoms with E-state index in [0.29, 0.717) is 30.3 Å². The van der Waals surface area contributed by atoms with Crippen LogP contribution in [0, 0.1) is 0 Å². The first-order valence-corrected chi connectivity index (χ1v) is 24.6. The van der Waals surface area contributed by atoms with Gasteiger partial charge in [0.25, 0.3) is 0 Å². The molecule has 0 amide bonds. The van der Waals surface area contributed by atoms with Gasteiger partial charge in [0, 0.05) is 12.8 Å². The van der Waals surface area contributed by atoms with Crippen molar-refractivity contribution >= 4 is 19.8 Å². The number of carbonyl (C=O) groups excluding carboxylic acids is 2. The first kappa shape index (κ1) is 56.7. The summed E-state index contributed by atoms with van der Waals surface area (Å²) in [5.74, 6) is -0.889. The van der Waals surface area contributed by atoms with E-state index in [9.17, 15) is 24.2 Å². The van der Waals surface area contributed by atoms with Gasteiger partial charge in [-0.25, -0.2) is 4.57 Å². The number of likely N-dealkylation sites (N-methyl/N-ethyl adjacent to an activating group) is 1. The van der Waals surface area contributed by atoms with Crippen LogP contribution in [0.15, 0.2) is 60.8 Å². The number of hydrogen-bond acceptors (Lipinski definition) is 8. The Bertz CT molecular complexity index is 1210. The molecule has 0 spiro atoms. The van der Waals surface area contributed by atoms with Crippen LogP contribution >= 0.6 is 7.82 Å². The molecule has 0 aromatic rings. The number of aliphatic hydroxyl groups is 1. The van der Waals surface area contributed by atoms with Crippen molar-refractivity contribution in [1.82, 2.24) is 0 Å². The third-order valence-electron chi connectivity index (χ3n) is 9.64. The lowest BCUT2D eigenvalue weighted by Crippen LogP contribution is -2.37. The normalized spacial score (nSPS) is 14.6. The number of unbranched alkanes of at least 4 members (excludes halogenated alkanes) is 17. The Morgan fingerprint density at radius 2 is 1.15 bits per heavy atom. The summed E-state index contributed by atoms with van der Waals surface area (Å²) in [6, 6.07) is 0. The number of carbonyl (C=O) groups is 2. The van der Waals surface area contributed by atoms with E-state index >= 15 is 0 Å². The highest BCUT2D eigenvalue weighted by atomic mass is 31.2. The molecule has 0 radical (unpaired) electrons. The van der Waals surface area contributed by atoms with Gasteiger partial charge < -0.3 is 24.0 Å². The number of phosphoric ester groups is 1. The van der Waals surface area contributed by atoms with E-state index in [0.717, 1.165) is 38.5 Å². The summed E-state index contributed by atoms with van der Waals surface area (Å²) in [4.78, 5) is 35.4. The molecule has 0 fully saturated rings. The Morgan fingerprint density at radius 1 is 0.627 bits per heavy atom. The summed E-state index contributed by atoms with van der Waals surface area (Å²) < 4.78 is 34.2. The van der Waals surface area contributed by atoms with Crippen LogP contribution in [-0.2, 0) is 32.7 Å². The van der Waals surface area contributed by atoms with Crippen molar-refractivity contribution in [3.63, 3.8) is 0 Å². The van der Waals surface area contributed by atoms with Gasteiger partial charge in [-0.2, -0.15) is 0 Å². The second kappa shape index (κ2) is 39.8. The third-order valence-corrected chi connectivity index (χ3v) is 10.6. The Balaban J connectivity index is 4.44. The molecule has 59 heavy (non-hydrogen) atoms. The van der Waals surface area contributed by atoms with Crippen LogP contribution in [0.3, 0.4) is 0 Å². The fraction of sp³-hybridized carbons (Fsp3) is 0.750. The van der Waals surface area contributed by atoms with E-state index < -0.39 is 38.6 Å². The Hall–Kier alpha value is -2.33. The zero-order valence-corrected chi connectivity index (χ0v) is 39.0. The standard InChI is InChI=1S/C48H86NO9P/c1-6-8-10-11-12-13-14-15-16-17-18-19-23-26-29-32-35-39-47(51)55-43-46(44-57-59(53,54)56-42-41-49(3,4)5)58-48(52)40-36-33-30-27-24-21-20-22-25-28-31-34-38-45(50)37-9-7-2/h9,20-21,25,27-28,30-31,34,37,45-46,50H,6-8,10-19,22-24,26,29,32-33,35-36,38-44H2,1-5H3/p+1/b21-20-,28-25-,30-27-,34-31+,37-9-/t45?,46-/m1/s1. The molecular weight excluding hydrogens is 766 g/mol. The van der Waals surface area contributed by atoms with Gasteiger partial charge in [-0.15, -0.1) is 0 Å². The minimum absolute atomic E-state index is 0.0120. The predicted molar refractivity (Wildman–Crippen MR) is 244 cm³/mol. The van der Waals surface area contributed by atoms with Gasteiger partial charge in [-0.1, -0.05) is 177 Å². The smallest absolute Gasteiger partial charge is 0.462 e. The second-order valence-electron chi connectivity index (χ2n) is 16.6. The molecule has 0 rings (SSSR count). The van der Waals surface area contributed by atoms with Crippen LogP contribution in [0.1, 0.15) is 174 Å². The molecule has 0 aliphatic carbocycles. The highest BCUT2D eigenvalue weighted by Crippen LogP contribution is 2.43. The SMILES string of the molecule is CC/C=C\C(O)C/C=C/C=C\C/C=C\C/C=C\CCCC(=O)O[C@H](COC(=O)CCCCCCCCCCCCCCCCCCC)COP(=O)(O)OCC[N+](C)(C)C. The molecule has 2 N–H and O–H groups in total. The van der Waals surface area contributed by atoms with Gasteiger partial charge in [0.2, 0.25) is 0 Å². The minimum Gasteiger partial charge on any atom is -0.462 e. The molecule has 0 bridgehead atoms. The van der Waals surface area contributed by atoms with E-state index in [4.69, 9.17) is 18.5 Å². The number of rotatable bonds is 41. The highest BCUT2D eigenvalue weighted by molar-refractivity contribution is 7.47. The number of aliphatic hydroxyl groups excluding tert-OH is 1. The number of phosphoric acid groups is 1. The number of nitrogens with zero attached hydrogens (tertiary/aromatic N) is 1. The van der Waals surface area contributed by atoms with Gasteiger partial charge in [-0.05, 0) is 44.9 Å². The van der Waals surface area contributed by atoms with Crippen LogP contribution in [0.5, 0.6) is 0 Å². The van der Waals surface area contributed by atoms with Gasteiger partial charge >= 0.3 is 19.8 Å². The van der Waals surface area contributed by atoms with Gasteiger partial charge in [-0.3, -0.25) is 18.6 Å². The summed E-state index contributed by atoms with van der Waals surface area (Å²) >= 11 is 0. The Morgan fingerprint density at radius 3 is 1.73 bits per heavy atom. The largest absolute Gasteiger partial charge is 0.472 e. The molecule has 0 aliphatic heterocycles. The van der Waals surface area contributed by atoms with E-state index in [1.54, 1.807) is 0 Å². The van der Waals surface area contributed by atoms with Crippen molar-refractivity contribution in [3.05, 3.63) is 60.8 Å². The molecule has 0 heterocycles. The van der Waals surface area contributed by atoms with Crippen molar-refractivity contribution in [1.29, 1.82) is 0 Å². The average molecular weight is 853 g/mol. The number of allylic oxidation sites excluding steroid dienone is 8. The number of esters is 2. The quantitative estimate of drug-likeness (QED) is 0.0154. The van der Waals surface area contributed by atoms with Crippen LogP contribution < -0.4 is 0 Å². The monoisotopic (exact) mass is 853 g/mol. The van der Waals surface area contributed by atoms with E-state index in [-0.39, 0.29) is 26.1 Å². The number of hydrogen-bond donors (Lipinski definition) is 2. The fourth-order valence-corrected chi connectivity index (χ4v) is 6.75. The Kier molecular flexibility index (Phi) is 38.2. The van der Waals surface area contributed by atoms with Crippen molar-refractivity contribution in [2.24, 2.45) is 0 Å². The number of ether oxygens (including phenoxy) is 2. The first-order valence-electron chi connectivity index (χ1n) is 23.1. The molecule has 10 nitrogen and oxygen atoms in total. The first-order chi connectivity index (χ1) is 28.4. The maximum absolute atomic E-state index is 12.7. The molecule has 0 saturated heterocycles. The molecule has 0 aromatic carbocycles. The van der Waals surface area contributed by atoms with Crippen LogP contribution in [-0.4, -0.2) is 86.1 Å². The summed E-state index contributed by atoms with van der Waals surface area (Å²) in [7, 11) is 1.41. The molecule has 2 unspecified atom stereocenters. The predicted octanol–water partition coefficient (Wildman–Crippen LogP) is 12.2. The maximum atomic E-state index is 12.7. The molecule has 0 saturated carbocycles. The van der Waals surface area contributed by atoms with Crippen molar-refractivity contribution in [3.8, 4) is 0 Å². The zero-order chi connectivity index (χ0) is 43.7. The lowest BCUT2D eigenvalue weighted by molar-refractivity contribution is -0.870. The third kappa shape index (κ3) is 43.6. The van der Waals surface area contributed by atoms with Crippen LogP contribution in [0.2, 0.25) is 0 Å². The lowest BCUT2D eigenvalue weighted by Gasteiger charge is -2.24. The summed E-state index contributed by atoms with van der Waals surface area (Å²) in [6.07, 6.45) is 44.8. The van der Waals surface area contributed by atoms with E-state index in [1.165, 1.54) is 89.9 Å².